The minimum absolute atomic E-state index is 0.0547. The van der Waals surface area contributed by atoms with E-state index in [2.05, 4.69) is 5.10 Å². The predicted molar refractivity (Wildman–Crippen MR) is 73.2 cm³/mol. The number of carbonyl (C=O) groups is 1. The second kappa shape index (κ2) is 5.33. The SMILES string of the molecule is Cc1cc(=O)c(C(=O)O)nn1-c1ccc(Cl)c([N+](=O)[O-])c1. The quantitative estimate of drug-likeness (QED) is 0.682. The van der Waals surface area contributed by atoms with E-state index in [4.69, 9.17) is 16.7 Å². The van der Waals surface area contributed by atoms with Gasteiger partial charge in [0, 0.05) is 17.8 Å². The van der Waals surface area contributed by atoms with Crippen LogP contribution in [0.3, 0.4) is 0 Å². The van der Waals surface area contributed by atoms with Crippen LogP contribution in [0.25, 0.3) is 5.69 Å². The van der Waals surface area contributed by atoms with Gasteiger partial charge in [-0.15, -0.1) is 0 Å². The molecule has 0 fully saturated rings. The number of nitro groups is 1. The molecule has 0 spiro atoms. The van der Waals surface area contributed by atoms with Crippen LogP contribution in [-0.2, 0) is 0 Å². The molecule has 0 aliphatic rings. The number of aryl methyl sites for hydroxylation is 1. The van der Waals surface area contributed by atoms with E-state index in [0.717, 1.165) is 16.8 Å². The molecule has 1 N–H and O–H groups in total. The van der Waals surface area contributed by atoms with Gasteiger partial charge in [-0.3, -0.25) is 14.9 Å². The number of nitro benzene ring substituents is 1. The molecule has 108 valence electrons. The number of halogens is 1. The van der Waals surface area contributed by atoms with Crippen molar-refractivity contribution in [3.63, 3.8) is 0 Å². The largest absolute Gasteiger partial charge is 0.476 e. The first-order valence-electron chi connectivity index (χ1n) is 5.60. The van der Waals surface area contributed by atoms with Crippen molar-refractivity contribution in [3.8, 4) is 5.69 Å². The van der Waals surface area contributed by atoms with Crippen molar-refractivity contribution < 1.29 is 14.8 Å². The number of hydrogen-bond donors (Lipinski definition) is 1. The summed E-state index contributed by atoms with van der Waals surface area (Å²) >= 11 is 5.71. The number of rotatable bonds is 3. The zero-order valence-electron chi connectivity index (χ0n) is 10.6. The Bertz CT molecular complexity index is 815. The van der Waals surface area contributed by atoms with Crippen molar-refractivity contribution in [1.82, 2.24) is 9.78 Å². The zero-order valence-corrected chi connectivity index (χ0v) is 11.4. The standard InChI is InChI=1S/C12H8ClN3O5/c1-6-4-10(17)11(12(18)19)14-15(6)7-2-3-8(13)9(5-7)16(20)21/h2-5H,1H3,(H,18,19). The minimum atomic E-state index is -1.47. The number of aromatic nitrogens is 2. The molecule has 0 unspecified atom stereocenters. The van der Waals surface area contributed by atoms with Gasteiger partial charge in [-0.05, 0) is 19.1 Å². The maximum atomic E-state index is 11.5. The summed E-state index contributed by atoms with van der Waals surface area (Å²) in [5, 5.41) is 23.4. The first kappa shape index (κ1) is 14.7. The van der Waals surface area contributed by atoms with Crippen LogP contribution in [0, 0.1) is 17.0 Å². The highest BCUT2D eigenvalue weighted by Gasteiger charge is 2.17. The summed E-state index contributed by atoms with van der Waals surface area (Å²) in [5.41, 5.74) is -1.18. The van der Waals surface area contributed by atoms with E-state index >= 15 is 0 Å². The summed E-state index contributed by atoms with van der Waals surface area (Å²) in [6, 6.07) is 4.98. The fraction of sp³-hybridized carbons (Fsp3) is 0.0833. The number of carboxylic acid groups (broad SMARTS) is 1. The first-order chi connectivity index (χ1) is 9.81. The highest BCUT2D eigenvalue weighted by atomic mass is 35.5. The lowest BCUT2D eigenvalue weighted by molar-refractivity contribution is -0.384. The van der Waals surface area contributed by atoms with Crippen LogP contribution >= 0.6 is 11.6 Å². The van der Waals surface area contributed by atoms with Crippen molar-refractivity contribution >= 4 is 23.3 Å². The fourth-order valence-electron chi connectivity index (χ4n) is 1.73. The molecule has 0 amide bonds. The Hall–Kier alpha value is -2.74. The van der Waals surface area contributed by atoms with Gasteiger partial charge in [-0.2, -0.15) is 5.10 Å². The van der Waals surface area contributed by atoms with Gasteiger partial charge in [-0.1, -0.05) is 11.6 Å². The van der Waals surface area contributed by atoms with Crippen molar-refractivity contribution in [2.75, 3.05) is 0 Å². The molecule has 21 heavy (non-hydrogen) atoms. The minimum Gasteiger partial charge on any atom is -0.476 e. The zero-order chi connectivity index (χ0) is 15.7. The molecule has 0 bridgehead atoms. The Labute approximate surface area is 122 Å². The predicted octanol–water partition coefficient (Wildman–Crippen LogP) is 1.80. The summed E-state index contributed by atoms with van der Waals surface area (Å²) in [6.07, 6.45) is 0. The van der Waals surface area contributed by atoms with E-state index in [0.29, 0.717) is 5.69 Å². The summed E-state index contributed by atoms with van der Waals surface area (Å²) in [5.74, 6) is -1.47. The second-order valence-corrected chi connectivity index (χ2v) is 4.52. The second-order valence-electron chi connectivity index (χ2n) is 4.11. The highest BCUT2D eigenvalue weighted by molar-refractivity contribution is 6.32. The molecule has 1 aromatic heterocycles. The van der Waals surface area contributed by atoms with Crippen LogP contribution < -0.4 is 5.43 Å². The molecule has 0 aliphatic heterocycles. The molecule has 1 heterocycles. The Kier molecular flexibility index (Phi) is 3.72. The summed E-state index contributed by atoms with van der Waals surface area (Å²) in [6.45, 7) is 1.53. The van der Waals surface area contributed by atoms with Crippen molar-refractivity contribution in [1.29, 1.82) is 0 Å². The number of nitrogens with zero attached hydrogens (tertiary/aromatic N) is 3. The van der Waals surface area contributed by atoms with Gasteiger partial charge < -0.3 is 5.11 Å². The molecule has 0 atom stereocenters. The summed E-state index contributed by atoms with van der Waals surface area (Å²) in [7, 11) is 0. The van der Waals surface area contributed by atoms with Gasteiger partial charge in [0.1, 0.15) is 5.02 Å². The average molecular weight is 310 g/mol. The molecule has 0 saturated heterocycles. The van der Waals surface area contributed by atoms with Gasteiger partial charge in [0.15, 0.2) is 0 Å². The van der Waals surface area contributed by atoms with E-state index < -0.39 is 22.0 Å². The van der Waals surface area contributed by atoms with Crippen molar-refractivity contribution in [2.45, 2.75) is 6.92 Å². The van der Waals surface area contributed by atoms with E-state index in [9.17, 15) is 19.7 Å². The fourth-order valence-corrected chi connectivity index (χ4v) is 1.92. The van der Waals surface area contributed by atoms with Gasteiger partial charge in [-0.25, -0.2) is 9.48 Å². The first-order valence-corrected chi connectivity index (χ1v) is 5.97. The van der Waals surface area contributed by atoms with E-state index in [1.54, 1.807) is 0 Å². The lowest BCUT2D eigenvalue weighted by Crippen LogP contribution is -2.22. The third-order valence-corrected chi connectivity index (χ3v) is 3.00. The summed E-state index contributed by atoms with van der Waals surface area (Å²) < 4.78 is 1.13. The molecule has 1 aromatic carbocycles. The van der Waals surface area contributed by atoms with E-state index in [-0.39, 0.29) is 16.4 Å². The molecule has 0 aliphatic carbocycles. The van der Waals surface area contributed by atoms with Gasteiger partial charge in [0.25, 0.3) is 5.69 Å². The number of carboxylic acids is 1. The van der Waals surface area contributed by atoms with Crippen LogP contribution in [0.2, 0.25) is 5.02 Å². The molecule has 2 aromatic rings. The number of hydrogen-bond acceptors (Lipinski definition) is 5. The van der Waals surface area contributed by atoms with Gasteiger partial charge >= 0.3 is 5.97 Å². The van der Waals surface area contributed by atoms with E-state index in [1.165, 1.54) is 19.1 Å². The van der Waals surface area contributed by atoms with Gasteiger partial charge in [0.2, 0.25) is 11.1 Å². The molecular formula is C12H8ClN3O5. The number of aromatic carboxylic acids is 1. The lowest BCUT2D eigenvalue weighted by Gasteiger charge is -2.10. The molecule has 2 rings (SSSR count). The van der Waals surface area contributed by atoms with Crippen LogP contribution in [0.15, 0.2) is 29.1 Å². The Balaban J connectivity index is 2.70. The summed E-state index contributed by atoms with van der Waals surface area (Å²) in [4.78, 5) is 32.7. The molecule has 9 heteroatoms. The normalized spacial score (nSPS) is 10.4. The molecule has 0 radical (unpaired) electrons. The average Bonchev–Trinajstić information content (AvgIpc) is 2.39. The topological polar surface area (TPSA) is 115 Å². The van der Waals surface area contributed by atoms with Crippen LogP contribution in [0.4, 0.5) is 5.69 Å². The molecule has 8 nitrogen and oxygen atoms in total. The maximum Gasteiger partial charge on any atom is 0.360 e. The third kappa shape index (κ3) is 2.75. The molecule has 0 saturated carbocycles. The smallest absolute Gasteiger partial charge is 0.360 e. The van der Waals surface area contributed by atoms with Crippen LogP contribution in [-0.4, -0.2) is 25.8 Å². The molecular weight excluding hydrogens is 302 g/mol. The Morgan fingerprint density at radius 2 is 2.10 bits per heavy atom. The van der Waals surface area contributed by atoms with Crippen molar-refractivity contribution in [3.05, 3.63) is 61.0 Å². The van der Waals surface area contributed by atoms with E-state index in [1.807, 2.05) is 0 Å². The maximum absolute atomic E-state index is 11.5. The third-order valence-electron chi connectivity index (χ3n) is 2.68. The highest BCUT2D eigenvalue weighted by Crippen LogP contribution is 2.26. The van der Waals surface area contributed by atoms with Crippen LogP contribution in [0.5, 0.6) is 0 Å². The van der Waals surface area contributed by atoms with Gasteiger partial charge in [0.05, 0.1) is 10.6 Å². The van der Waals surface area contributed by atoms with Crippen LogP contribution in [0.1, 0.15) is 16.2 Å². The van der Waals surface area contributed by atoms with Crippen molar-refractivity contribution in [2.24, 2.45) is 0 Å². The number of benzene rings is 1. The Morgan fingerprint density at radius 1 is 1.43 bits per heavy atom. The Morgan fingerprint density at radius 3 is 2.67 bits per heavy atom. The lowest BCUT2D eigenvalue weighted by atomic mass is 10.2. The monoisotopic (exact) mass is 309 g/mol.